The molecule has 1 aromatic rings. The maximum atomic E-state index is 11.7. The highest BCUT2D eigenvalue weighted by molar-refractivity contribution is 6.00. The Balaban J connectivity index is 2.49. The quantitative estimate of drug-likeness (QED) is 0.739. The lowest BCUT2D eigenvalue weighted by atomic mass is 9.93. The molecule has 15 heavy (non-hydrogen) atoms. The number of Topliss-reactive ketones (excluding diaryl/α,β-unsaturated/α-hetero) is 1. The average molecular weight is 204 g/mol. The van der Waals surface area contributed by atoms with Gasteiger partial charge in [0.05, 0.1) is 12.2 Å². The summed E-state index contributed by atoms with van der Waals surface area (Å²) in [5, 5.41) is 0. The van der Waals surface area contributed by atoms with Crippen molar-refractivity contribution in [2.24, 2.45) is 0 Å². The first kappa shape index (κ1) is 10.2. The average Bonchev–Trinajstić information content (AvgIpc) is 2.28. The van der Waals surface area contributed by atoms with Crippen LogP contribution in [-0.4, -0.2) is 12.4 Å². The number of ether oxygens (including phenoxy) is 1. The number of rotatable bonds is 2. The minimum absolute atomic E-state index is 0.210. The smallest absolute Gasteiger partial charge is 0.170 e. The first-order valence-electron chi connectivity index (χ1n) is 5.53. The Labute approximate surface area is 90.3 Å². The SMILES string of the molecule is CCC(C)c1cccc2c1OCCC2=O. The molecule has 1 aromatic carbocycles. The molecule has 1 aliphatic heterocycles. The van der Waals surface area contributed by atoms with E-state index >= 15 is 0 Å². The molecule has 0 fully saturated rings. The maximum Gasteiger partial charge on any atom is 0.170 e. The van der Waals surface area contributed by atoms with Crippen molar-refractivity contribution in [3.63, 3.8) is 0 Å². The standard InChI is InChI=1S/C13H16O2/c1-3-9(2)10-5-4-6-11-12(14)7-8-15-13(10)11/h4-6,9H,3,7-8H2,1-2H3. The molecule has 1 unspecified atom stereocenters. The molecule has 0 spiro atoms. The summed E-state index contributed by atoms with van der Waals surface area (Å²) in [4.78, 5) is 11.7. The second-order valence-electron chi connectivity index (χ2n) is 4.05. The number of hydrogen-bond acceptors (Lipinski definition) is 2. The van der Waals surface area contributed by atoms with Gasteiger partial charge >= 0.3 is 0 Å². The van der Waals surface area contributed by atoms with Crippen molar-refractivity contribution >= 4 is 5.78 Å². The number of carbonyl (C=O) groups is 1. The van der Waals surface area contributed by atoms with Gasteiger partial charge in [-0.25, -0.2) is 0 Å². The van der Waals surface area contributed by atoms with Crippen molar-refractivity contribution in [1.82, 2.24) is 0 Å². The van der Waals surface area contributed by atoms with E-state index < -0.39 is 0 Å². The van der Waals surface area contributed by atoms with Crippen LogP contribution in [0.25, 0.3) is 0 Å². The van der Waals surface area contributed by atoms with Gasteiger partial charge in [-0.2, -0.15) is 0 Å². The van der Waals surface area contributed by atoms with Crippen LogP contribution in [0.4, 0.5) is 0 Å². The minimum atomic E-state index is 0.210. The van der Waals surface area contributed by atoms with Crippen molar-refractivity contribution in [1.29, 1.82) is 0 Å². The number of fused-ring (bicyclic) bond motifs is 1. The van der Waals surface area contributed by atoms with E-state index in [9.17, 15) is 4.79 Å². The molecular weight excluding hydrogens is 188 g/mol. The highest BCUT2D eigenvalue weighted by atomic mass is 16.5. The second-order valence-corrected chi connectivity index (χ2v) is 4.05. The zero-order valence-electron chi connectivity index (χ0n) is 9.25. The summed E-state index contributed by atoms with van der Waals surface area (Å²) >= 11 is 0. The summed E-state index contributed by atoms with van der Waals surface area (Å²) in [7, 11) is 0. The number of ketones is 1. The van der Waals surface area contributed by atoms with Crippen LogP contribution in [0.2, 0.25) is 0 Å². The minimum Gasteiger partial charge on any atom is -0.492 e. The van der Waals surface area contributed by atoms with E-state index in [4.69, 9.17) is 4.74 Å². The summed E-state index contributed by atoms with van der Waals surface area (Å²) in [5.41, 5.74) is 1.93. The van der Waals surface area contributed by atoms with Crippen molar-refractivity contribution in [3.8, 4) is 5.75 Å². The third-order valence-corrected chi connectivity index (χ3v) is 3.06. The summed E-state index contributed by atoms with van der Waals surface area (Å²) in [6.45, 7) is 4.84. The molecule has 2 heteroatoms. The summed E-state index contributed by atoms with van der Waals surface area (Å²) < 4.78 is 5.63. The highest BCUT2D eigenvalue weighted by Gasteiger charge is 2.22. The van der Waals surface area contributed by atoms with Gasteiger partial charge in [0, 0.05) is 6.42 Å². The molecule has 0 aromatic heterocycles. The van der Waals surface area contributed by atoms with Gasteiger partial charge in [-0.15, -0.1) is 0 Å². The first-order chi connectivity index (χ1) is 7.24. The molecule has 2 rings (SSSR count). The lowest BCUT2D eigenvalue weighted by Crippen LogP contribution is -2.17. The molecule has 0 N–H and O–H groups in total. The summed E-state index contributed by atoms with van der Waals surface area (Å²) in [6, 6.07) is 5.88. The van der Waals surface area contributed by atoms with E-state index in [1.165, 1.54) is 5.56 Å². The zero-order valence-corrected chi connectivity index (χ0v) is 9.25. The van der Waals surface area contributed by atoms with Crippen LogP contribution in [0.3, 0.4) is 0 Å². The number of para-hydroxylation sites is 1. The normalized spacial score (nSPS) is 16.8. The van der Waals surface area contributed by atoms with E-state index in [-0.39, 0.29) is 5.78 Å². The van der Waals surface area contributed by atoms with Gasteiger partial charge in [-0.3, -0.25) is 4.79 Å². The van der Waals surface area contributed by atoms with Gasteiger partial charge in [0.1, 0.15) is 5.75 Å². The molecule has 0 saturated carbocycles. The van der Waals surface area contributed by atoms with Crippen LogP contribution in [-0.2, 0) is 0 Å². The number of carbonyl (C=O) groups excluding carboxylic acids is 1. The van der Waals surface area contributed by atoms with E-state index in [2.05, 4.69) is 19.9 Å². The third kappa shape index (κ3) is 1.76. The lowest BCUT2D eigenvalue weighted by Gasteiger charge is -2.21. The molecule has 80 valence electrons. The first-order valence-corrected chi connectivity index (χ1v) is 5.53. The lowest BCUT2D eigenvalue weighted by molar-refractivity contribution is 0.0932. The van der Waals surface area contributed by atoms with Crippen LogP contribution in [0.1, 0.15) is 48.5 Å². The largest absolute Gasteiger partial charge is 0.492 e. The van der Waals surface area contributed by atoms with Crippen LogP contribution < -0.4 is 4.74 Å². The Bertz CT molecular complexity index is 382. The molecule has 0 bridgehead atoms. The molecule has 0 radical (unpaired) electrons. The van der Waals surface area contributed by atoms with Gasteiger partial charge in [0.25, 0.3) is 0 Å². The molecule has 1 atom stereocenters. The predicted octanol–water partition coefficient (Wildman–Crippen LogP) is 3.17. The molecule has 2 nitrogen and oxygen atoms in total. The highest BCUT2D eigenvalue weighted by Crippen LogP contribution is 2.34. The van der Waals surface area contributed by atoms with Crippen LogP contribution in [0.5, 0.6) is 5.75 Å². The Morgan fingerprint density at radius 1 is 1.47 bits per heavy atom. The van der Waals surface area contributed by atoms with E-state index in [0.717, 1.165) is 17.7 Å². The monoisotopic (exact) mass is 204 g/mol. The molecule has 0 amide bonds. The number of hydrogen-bond donors (Lipinski definition) is 0. The van der Waals surface area contributed by atoms with Gasteiger partial charge in [-0.1, -0.05) is 26.0 Å². The predicted molar refractivity (Wildman–Crippen MR) is 59.6 cm³/mol. The third-order valence-electron chi connectivity index (χ3n) is 3.06. The fourth-order valence-corrected chi connectivity index (χ4v) is 1.92. The van der Waals surface area contributed by atoms with Gasteiger partial charge in [0.15, 0.2) is 5.78 Å². The summed E-state index contributed by atoms with van der Waals surface area (Å²) in [6.07, 6.45) is 1.57. The Kier molecular flexibility index (Phi) is 2.76. The Hall–Kier alpha value is -1.31. The maximum absolute atomic E-state index is 11.7. The molecule has 0 aliphatic carbocycles. The summed E-state index contributed by atoms with van der Waals surface area (Å²) in [5.74, 6) is 1.48. The van der Waals surface area contributed by atoms with Crippen molar-refractivity contribution in [2.45, 2.75) is 32.6 Å². The van der Waals surface area contributed by atoms with Crippen molar-refractivity contribution < 1.29 is 9.53 Å². The molecule has 0 saturated heterocycles. The molecular formula is C13H16O2. The van der Waals surface area contributed by atoms with Crippen LogP contribution >= 0.6 is 0 Å². The zero-order chi connectivity index (χ0) is 10.8. The van der Waals surface area contributed by atoms with E-state index in [0.29, 0.717) is 18.9 Å². The van der Waals surface area contributed by atoms with Crippen molar-refractivity contribution in [3.05, 3.63) is 29.3 Å². The van der Waals surface area contributed by atoms with Gasteiger partial charge in [-0.05, 0) is 24.0 Å². The Morgan fingerprint density at radius 2 is 2.27 bits per heavy atom. The fourth-order valence-electron chi connectivity index (χ4n) is 1.92. The van der Waals surface area contributed by atoms with Crippen LogP contribution in [0.15, 0.2) is 18.2 Å². The number of benzene rings is 1. The Morgan fingerprint density at radius 3 is 3.00 bits per heavy atom. The van der Waals surface area contributed by atoms with E-state index in [1.54, 1.807) is 0 Å². The van der Waals surface area contributed by atoms with Crippen molar-refractivity contribution in [2.75, 3.05) is 6.61 Å². The topological polar surface area (TPSA) is 26.3 Å². The molecule has 1 aliphatic rings. The van der Waals surface area contributed by atoms with Gasteiger partial charge < -0.3 is 4.74 Å². The van der Waals surface area contributed by atoms with E-state index in [1.807, 2.05) is 12.1 Å². The van der Waals surface area contributed by atoms with Gasteiger partial charge in [0.2, 0.25) is 0 Å². The molecule has 1 heterocycles. The second kappa shape index (κ2) is 4.05. The van der Waals surface area contributed by atoms with Crippen LogP contribution in [0, 0.1) is 0 Å². The fraction of sp³-hybridized carbons (Fsp3) is 0.462.